The summed E-state index contributed by atoms with van der Waals surface area (Å²) in [7, 11) is 3.12. The zero-order chi connectivity index (χ0) is 14.5. The lowest BCUT2D eigenvalue weighted by atomic mass is 10.1. The van der Waals surface area contributed by atoms with E-state index < -0.39 is 0 Å². The van der Waals surface area contributed by atoms with Gasteiger partial charge in [-0.3, -0.25) is 0 Å². The minimum Gasteiger partial charge on any atom is -0.497 e. The number of unbranched alkanes of at least 4 members (excludes halogenated alkanes) is 2. The summed E-state index contributed by atoms with van der Waals surface area (Å²) in [6.07, 6.45) is 4.06. The third-order valence-corrected chi connectivity index (χ3v) is 3.33. The van der Waals surface area contributed by atoms with Gasteiger partial charge < -0.3 is 13.9 Å². The molecule has 108 valence electrons. The second-order valence-corrected chi connectivity index (χ2v) is 4.75. The molecule has 20 heavy (non-hydrogen) atoms. The Bertz CT molecular complexity index is 643. The van der Waals surface area contributed by atoms with Gasteiger partial charge in [-0.25, -0.2) is 4.79 Å². The fourth-order valence-corrected chi connectivity index (χ4v) is 2.27. The van der Waals surface area contributed by atoms with Crippen molar-refractivity contribution in [3.63, 3.8) is 0 Å². The molecule has 0 aliphatic rings. The topological polar surface area (TPSA) is 48.7 Å². The number of benzene rings is 1. The van der Waals surface area contributed by atoms with E-state index in [1.807, 2.05) is 12.1 Å². The van der Waals surface area contributed by atoms with Gasteiger partial charge in [-0.05, 0) is 23.9 Å². The van der Waals surface area contributed by atoms with Crippen molar-refractivity contribution in [2.45, 2.75) is 32.6 Å². The van der Waals surface area contributed by atoms with Crippen molar-refractivity contribution >= 4 is 10.8 Å². The van der Waals surface area contributed by atoms with Gasteiger partial charge in [-0.1, -0.05) is 19.8 Å². The first-order valence-electron chi connectivity index (χ1n) is 6.88. The van der Waals surface area contributed by atoms with E-state index in [1.54, 1.807) is 13.2 Å². The highest BCUT2D eigenvalue weighted by atomic mass is 16.5. The zero-order valence-electron chi connectivity index (χ0n) is 12.2. The molecule has 0 saturated heterocycles. The molecule has 0 aliphatic carbocycles. The highest BCUT2D eigenvalue weighted by molar-refractivity contribution is 5.88. The molecular weight excluding hydrogens is 256 g/mol. The Morgan fingerprint density at radius 1 is 1.10 bits per heavy atom. The van der Waals surface area contributed by atoms with E-state index in [1.165, 1.54) is 7.11 Å². The van der Waals surface area contributed by atoms with E-state index >= 15 is 0 Å². The van der Waals surface area contributed by atoms with Gasteiger partial charge in [0.05, 0.1) is 14.2 Å². The van der Waals surface area contributed by atoms with Crippen molar-refractivity contribution in [2.24, 2.45) is 0 Å². The number of ether oxygens (including phenoxy) is 2. The predicted octanol–water partition coefficient (Wildman–Crippen LogP) is 3.54. The van der Waals surface area contributed by atoms with E-state index in [9.17, 15) is 4.79 Å². The van der Waals surface area contributed by atoms with Crippen LogP contribution in [-0.2, 0) is 6.42 Å². The van der Waals surface area contributed by atoms with Crippen LogP contribution in [-0.4, -0.2) is 14.2 Å². The molecule has 2 rings (SSSR count). The Morgan fingerprint density at radius 3 is 2.55 bits per heavy atom. The van der Waals surface area contributed by atoms with Crippen molar-refractivity contribution in [1.82, 2.24) is 0 Å². The van der Waals surface area contributed by atoms with Gasteiger partial charge in [-0.15, -0.1) is 0 Å². The van der Waals surface area contributed by atoms with Crippen LogP contribution in [0.3, 0.4) is 0 Å². The Balaban J connectivity index is 2.49. The van der Waals surface area contributed by atoms with Crippen LogP contribution in [0.1, 0.15) is 31.9 Å². The molecule has 0 aliphatic heterocycles. The average Bonchev–Trinajstić information content (AvgIpc) is 2.46. The minimum absolute atomic E-state index is 0.353. The molecule has 0 unspecified atom stereocenters. The highest BCUT2D eigenvalue weighted by Gasteiger charge is 2.12. The number of methoxy groups -OCH3 is 2. The smallest absolute Gasteiger partial charge is 0.347 e. The number of aryl methyl sites for hydroxylation is 1. The first-order valence-corrected chi connectivity index (χ1v) is 6.88. The molecule has 0 bridgehead atoms. The lowest BCUT2D eigenvalue weighted by molar-refractivity contribution is 0.395. The third-order valence-electron chi connectivity index (χ3n) is 3.33. The maximum atomic E-state index is 12.1. The summed E-state index contributed by atoms with van der Waals surface area (Å²) in [5.41, 5.74) is -0.353. The summed E-state index contributed by atoms with van der Waals surface area (Å²) in [5, 5.41) is 1.26. The van der Waals surface area contributed by atoms with Gasteiger partial charge >= 0.3 is 5.63 Å². The molecule has 4 heteroatoms. The van der Waals surface area contributed by atoms with Crippen LogP contribution in [0.15, 0.2) is 27.4 Å². The maximum absolute atomic E-state index is 12.1. The Labute approximate surface area is 118 Å². The van der Waals surface area contributed by atoms with Crippen LogP contribution in [0.5, 0.6) is 11.5 Å². The van der Waals surface area contributed by atoms with Crippen molar-refractivity contribution in [3.05, 3.63) is 34.4 Å². The van der Waals surface area contributed by atoms with E-state index in [4.69, 9.17) is 13.9 Å². The first-order chi connectivity index (χ1) is 9.69. The van der Waals surface area contributed by atoms with Gasteiger partial charge in [0.15, 0.2) is 0 Å². The predicted molar refractivity (Wildman–Crippen MR) is 78.8 cm³/mol. The van der Waals surface area contributed by atoms with Crippen molar-refractivity contribution in [2.75, 3.05) is 14.2 Å². The van der Waals surface area contributed by atoms with Crippen LogP contribution in [0.2, 0.25) is 0 Å². The summed E-state index contributed by atoms with van der Waals surface area (Å²) in [4.78, 5) is 12.1. The van der Waals surface area contributed by atoms with Gasteiger partial charge in [0, 0.05) is 12.5 Å². The number of fused-ring (bicyclic) bond motifs is 1. The van der Waals surface area contributed by atoms with E-state index in [-0.39, 0.29) is 5.63 Å². The fourth-order valence-electron chi connectivity index (χ4n) is 2.27. The number of hydrogen-bond donors (Lipinski definition) is 0. The summed E-state index contributed by atoms with van der Waals surface area (Å²) in [5.74, 6) is 1.86. The maximum Gasteiger partial charge on any atom is 0.347 e. The summed E-state index contributed by atoms with van der Waals surface area (Å²) < 4.78 is 15.9. The molecule has 0 amide bonds. The van der Waals surface area contributed by atoms with Crippen LogP contribution in [0.4, 0.5) is 0 Å². The molecule has 0 fully saturated rings. The molecule has 0 radical (unpaired) electrons. The SMILES string of the molecule is CCCCCc1cc2cc(OC)cc(OC)c2c(=O)o1. The van der Waals surface area contributed by atoms with Crippen LogP contribution >= 0.6 is 0 Å². The highest BCUT2D eigenvalue weighted by Crippen LogP contribution is 2.29. The summed E-state index contributed by atoms with van der Waals surface area (Å²) in [6, 6.07) is 5.42. The second kappa shape index (κ2) is 6.46. The first kappa shape index (κ1) is 14.4. The molecule has 0 N–H and O–H groups in total. The molecule has 0 saturated carbocycles. The third kappa shape index (κ3) is 2.95. The quantitative estimate of drug-likeness (QED) is 0.757. The molecular formula is C16H20O4. The average molecular weight is 276 g/mol. The van der Waals surface area contributed by atoms with Crippen LogP contribution < -0.4 is 15.1 Å². The van der Waals surface area contributed by atoms with Crippen molar-refractivity contribution in [1.29, 1.82) is 0 Å². The Kier molecular flexibility index (Phi) is 4.66. The minimum atomic E-state index is -0.353. The van der Waals surface area contributed by atoms with E-state index in [0.29, 0.717) is 22.6 Å². The Hall–Kier alpha value is -1.97. The van der Waals surface area contributed by atoms with Crippen molar-refractivity contribution < 1.29 is 13.9 Å². The number of rotatable bonds is 6. The molecule has 0 spiro atoms. The molecule has 1 aromatic heterocycles. The molecule has 1 aromatic carbocycles. The van der Waals surface area contributed by atoms with E-state index in [2.05, 4.69) is 6.92 Å². The van der Waals surface area contributed by atoms with Gasteiger partial charge in [0.1, 0.15) is 22.6 Å². The van der Waals surface area contributed by atoms with Crippen LogP contribution in [0.25, 0.3) is 10.8 Å². The second-order valence-electron chi connectivity index (χ2n) is 4.75. The standard InChI is InChI=1S/C16H20O4/c1-4-5-6-7-12-8-11-9-13(18-2)10-14(19-3)15(11)16(17)20-12/h8-10H,4-7H2,1-3H3. The lowest BCUT2D eigenvalue weighted by Crippen LogP contribution is -2.04. The fraction of sp³-hybridized carbons (Fsp3) is 0.438. The monoisotopic (exact) mass is 276 g/mol. The zero-order valence-corrected chi connectivity index (χ0v) is 12.2. The number of hydrogen-bond acceptors (Lipinski definition) is 4. The molecule has 1 heterocycles. The molecule has 4 nitrogen and oxygen atoms in total. The van der Waals surface area contributed by atoms with Gasteiger partial charge in [0.2, 0.25) is 0 Å². The van der Waals surface area contributed by atoms with E-state index in [0.717, 1.165) is 31.1 Å². The Morgan fingerprint density at radius 2 is 1.90 bits per heavy atom. The van der Waals surface area contributed by atoms with Gasteiger partial charge in [-0.2, -0.15) is 0 Å². The summed E-state index contributed by atoms with van der Waals surface area (Å²) in [6.45, 7) is 2.15. The van der Waals surface area contributed by atoms with Crippen LogP contribution in [0, 0.1) is 0 Å². The lowest BCUT2D eigenvalue weighted by Gasteiger charge is -2.08. The normalized spacial score (nSPS) is 10.8. The van der Waals surface area contributed by atoms with Gasteiger partial charge in [0.25, 0.3) is 0 Å². The summed E-state index contributed by atoms with van der Waals surface area (Å²) >= 11 is 0. The largest absolute Gasteiger partial charge is 0.497 e. The van der Waals surface area contributed by atoms with Crippen molar-refractivity contribution in [3.8, 4) is 11.5 Å². The molecule has 2 aromatic rings. The molecule has 0 atom stereocenters.